The van der Waals surface area contributed by atoms with Crippen LogP contribution in [0.25, 0.3) is 0 Å². The van der Waals surface area contributed by atoms with Gasteiger partial charge in [0, 0.05) is 0 Å². The van der Waals surface area contributed by atoms with Crippen molar-refractivity contribution in [2.75, 3.05) is 13.4 Å². The van der Waals surface area contributed by atoms with E-state index in [2.05, 4.69) is 6.92 Å². The summed E-state index contributed by atoms with van der Waals surface area (Å²) in [6.07, 6.45) is 8.06. The first-order valence-corrected chi connectivity index (χ1v) is 10.1. The number of fused-ring (bicyclic) bond motifs is 9. The van der Waals surface area contributed by atoms with Gasteiger partial charge in [-0.25, -0.2) is 0 Å². The molecule has 0 N–H and O–H groups in total. The maximum absolute atomic E-state index is 12.0. The Balaban J connectivity index is 1.30. The Morgan fingerprint density at radius 3 is 2.54 bits per heavy atom. The van der Waals surface area contributed by atoms with Crippen LogP contribution in [0.2, 0.25) is 0 Å². The molecule has 4 fully saturated rings. The molecule has 4 saturated carbocycles. The second-order valence-electron chi connectivity index (χ2n) is 10.1. The highest BCUT2D eigenvalue weighted by atomic mass is 16.7. The highest BCUT2D eigenvalue weighted by Gasteiger charge is 2.65. The van der Waals surface area contributed by atoms with Gasteiger partial charge < -0.3 is 9.47 Å². The van der Waals surface area contributed by atoms with E-state index >= 15 is 0 Å². The van der Waals surface area contributed by atoms with Crippen LogP contribution < -0.4 is 0 Å². The lowest BCUT2D eigenvalue weighted by atomic mass is 9.62. The van der Waals surface area contributed by atoms with Crippen molar-refractivity contribution in [3.8, 4) is 0 Å². The Bertz CT molecular complexity index is 513. The average molecular weight is 335 g/mol. The molecular weight excluding hydrogens is 300 g/mol. The van der Waals surface area contributed by atoms with Gasteiger partial charge in [0.25, 0.3) is 0 Å². The highest BCUT2D eigenvalue weighted by molar-refractivity contribution is 5.75. The van der Waals surface area contributed by atoms with E-state index in [1.807, 2.05) is 20.8 Å². The fourth-order valence-corrected chi connectivity index (χ4v) is 6.91. The van der Waals surface area contributed by atoms with Crippen molar-refractivity contribution >= 4 is 5.97 Å². The van der Waals surface area contributed by atoms with Crippen LogP contribution >= 0.6 is 0 Å². The third-order valence-electron chi connectivity index (χ3n) is 8.38. The summed E-state index contributed by atoms with van der Waals surface area (Å²) in [4.78, 5) is 12.0. The molecule has 0 spiro atoms. The molecule has 4 bridgehead atoms. The number of esters is 1. The van der Waals surface area contributed by atoms with Crippen LogP contribution in [-0.2, 0) is 14.3 Å². The van der Waals surface area contributed by atoms with Crippen LogP contribution in [0, 0.1) is 46.3 Å². The topological polar surface area (TPSA) is 35.5 Å². The van der Waals surface area contributed by atoms with Gasteiger partial charge in [-0.15, -0.1) is 0 Å². The second-order valence-corrected chi connectivity index (χ2v) is 10.1. The number of hydrogen-bond donors (Lipinski definition) is 0. The van der Waals surface area contributed by atoms with Crippen molar-refractivity contribution in [2.24, 2.45) is 46.3 Å². The number of rotatable bonds is 6. The van der Waals surface area contributed by atoms with Gasteiger partial charge >= 0.3 is 5.97 Å². The van der Waals surface area contributed by atoms with Gasteiger partial charge in [-0.05, 0) is 93.3 Å². The van der Waals surface area contributed by atoms with Crippen LogP contribution in [-0.4, -0.2) is 19.4 Å². The number of carbonyl (C=O) groups excluding carboxylic acids is 1. The number of ether oxygens (including phenoxy) is 2. The zero-order valence-corrected chi connectivity index (χ0v) is 15.8. The van der Waals surface area contributed by atoms with Crippen LogP contribution in [0.1, 0.15) is 66.2 Å². The van der Waals surface area contributed by atoms with Crippen molar-refractivity contribution in [1.29, 1.82) is 0 Å². The number of carbonyl (C=O) groups is 1. The summed E-state index contributed by atoms with van der Waals surface area (Å²) in [6.45, 7) is 9.19. The van der Waals surface area contributed by atoms with E-state index in [4.69, 9.17) is 9.47 Å². The first-order chi connectivity index (χ1) is 11.4. The molecule has 0 saturated heterocycles. The normalized spacial score (nSPS) is 45.7. The zero-order valence-electron chi connectivity index (χ0n) is 15.8. The Kier molecular flexibility index (Phi) is 4.02. The van der Waals surface area contributed by atoms with E-state index in [0.29, 0.717) is 5.41 Å². The summed E-state index contributed by atoms with van der Waals surface area (Å²) in [7, 11) is 0. The van der Waals surface area contributed by atoms with Gasteiger partial charge in [-0.1, -0.05) is 13.8 Å². The molecule has 136 valence electrons. The maximum atomic E-state index is 12.0. The largest absolute Gasteiger partial charge is 0.438 e. The van der Waals surface area contributed by atoms with Crippen molar-refractivity contribution in [3.05, 3.63) is 0 Å². The van der Waals surface area contributed by atoms with Gasteiger partial charge in [0.1, 0.15) is 0 Å². The Morgan fingerprint density at radius 2 is 1.83 bits per heavy atom. The van der Waals surface area contributed by atoms with Gasteiger partial charge in [-0.3, -0.25) is 4.79 Å². The molecule has 3 nitrogen and oxygen atoms in total. The first-order valence-electron chi connectivity index (χ1n) is 10.1. The predicted octanol–water partition coefficient (Wildman–Crippen LogP) is 4.65. The molecular formula is C21H34O3. The summed E-state index contributed by atoms with van der Waals surface area (Å²) in [5.41, 5.74) is -0.0982. The molecule has 0 radical (unpaired) electrons. The van der Waals surface area contributed by atoms with Crippen molar-refractivity contribution < 1.29 is 14.3 Å². The SMILES string of the molecule is CCC(C)(C)C(=O)OCOCC1(C)CC2CC1C1C3CCC(C3)C21. The van der Waals surface area contributed by atoms with E-state index in [1.54, 1.807) is 0 Å². The third kappa shape index (κ3) is 2.45. The van der Waals surface area contributed by atoms with E-state index in [-0.39, 0.29) is 12.8 Å². The summed E-state index contributed by atoms with van der Waals surface area (Å²) < 4.78 is 11.2. The molecule has 0 aromatic heterocycles. The Labute approximate surface area is 146 Å². The van der Waals surface area contributed by atoms with Gasteiger partial charge in [0.05, 0.1) is 12.0 Å². The van der Waals surface area contributed by atoms with Crippen LogP contribution in [0.3, 0.4) is 0 Å². The van der Waals surface area contributed by atoms with Crippen LogP contribution in [0.15, 0.2) is 0 Å². The zero-order chi connectivity index (χ0) is 17.1. The summed E-state index contributed by atoms with van der Waals surface area (Å²) in [6, 6.07) is 0. The molecule has 0 heterocycles. The third-order valence-corrected chi connectivity index (χ3v) is 8.38. The smallest absolute Gasteiger partial charge is 0.313 e. The van der Waals surface area contributed by atoms with Gasteiger partial charge in [0.2, 0.25) is 0 Å². The minimum Gasteiger partial charge on any atom is -0.438 e. The highest BCUT2D eigenvalue weighted by Crippen LogP contribution is 2.71. The molecule has 4 rings (SSSR count). The molecule has 7 unspecified atom stereocenters. The molecule has 3 heteroatoms. The fourth-order valence-electron chi connectivity index (χ4n) is 6.91. The lowest BCUT2D eigenvalue weighted by molar-refractivity contribution is -0.171. The minimum absolute atomic E-state index is 0.120. The summed E-state index contributed by atoms with van der Waals surface area (Å²) >= 11 is 0. The van der Waals surface area contributed by atoms with Gasteiger partial charge in [0.15, 0.2) is 6.79 Å². The predicted molar refractivity (Wildman–Crippen MR) is 93.1 cm³/mol. The van der Waals surface area contributed by atoms with Gasteiger partial charge in [-0.2, -0.15) is 0 Å². The first kappa shape index (κ1) is 16.9. The van der Waals surface area contributed by atoms with Crippen molar-refractivity contribution in [1.82, 2.24) is 0 Å². The molecule has 0 aromatic carbocycles. The molecule has 0 aliphatic heterocycles. The monoisotopic (exact) mass is 334 g/mol. The lowest BCUT2D eigenvalue weighted by Crippen LogP contribution is -2.41. The Hall–Kier alpha value is -0.570. The molecule has 4 aliphatic rings. The lowest BCUT2D eigenvalue weighted by Gasteiger charge is -2.44. The quantitative estimate of drug-likeness (QED) is 0.307. The minimum atomic E-state index is -0.407. The van der Waals surface area contributed by atoms with E-state index in [0.717, 1.165) is 48.5 Å². The second kappa shape index (κ2) is 5.72. The maximum Gasteiger partial charge on any atom is 0.313 e. The van der Waals surface area contributed by atoms with E-state index in [9.17, 15) is 4.79 Å². The van der Waals surface area contributed by atoms with Crippen molar-refractivity contribution in [3.63, 3.8) is 0 Å². The Morgan fingerprint density at radius 1 is 1.12 bits per heavy atom. The number of hydrogen-bond acceptors (Lipinski definition) is 3. The summed E-state index contributed by atoms with van der Waals surface area (Å²) in [5, 5.41) is 0. The average Bonchev–Trinajstić information content (AvgIpc) is 3.29. The fraction of sp³-hybridized carbons (Fsp3) is 0.952. The summed E-state index contributed by atoms with van der Waals surface area (Å²) in [5.74, 6) is 5.76. The van der Waals surface area contributed by atoms with E-state index in [1.165, 1.54) is 32.1 Å². The molecule has 4 aliphatic carbocycles. The van der Waals surface area contributed by atoms with Crippen LogP contribution in [0.4, 0.5) is 0 Å². The molecule has 24 heavy (non-hydrogen) atoms. The molecule has 0 aromatic rings. The van der Waals surface area contributed by atoms with Crippen molar-refractivity contribution in [2.45, 2.75) is 66.2 Å². The standard InChI is InChI=1S/C21H34O3/c1-5-20(2,3)19(22)24-12-23-11-21(4)10-15-9-16(21)18-14-7-6-13(8-14)17(15)18/h13-18H,5-12H2,1-4H3. The van der Waals surface area contributed by atoms with Crippen LogP contribution in [0.5, 0.6) is 0 Å². The van der Waals surface area contributed by atoms with E-state index < -0.39 is 5.41 Å². The molecule has 7 atom stereocenters. The molecule has 0 amide bonds.